The van der Waals surface area contributed by atoms with E-state index in [4.69, 9.17) is 4.99 Å². The molecule has 1 aliphatic heterocycles. The molecular weight excluding hydrogens is 416 g/mol. The molecule has 0 atom stereocenters. The van der Waals surface area contributed by atoms with Crippen molar-refractivity contribution in [3.8, 4) is 0 Å². The number of hydrogen-bond donors (Lipinski definition) is 0. The summed E-state index contributed by atoms with van der Waals surface area (Å²) >= 11 is 0. The Bertz CT molecular complexity index is 870. The van der Waals surface area contributed by atoms with Crippen LogP contribution in [0.2, 0.25) is 0 Å². The van der Waals surface area contributed by atoms with Gasteiger partial charge in [-0.25, -0.2) is 4.99 Å². The topological polar surface area (TPSA) is 74.0 Å². The summed E-state index contributed by atoms with van der Waals surface area (Å²) in [6.45, 7) is 19.0. The number of aryl methyl sites for hydroxylation is 1. The molecule has 0 spiro atoms. The molecule has 2 heterocycles. The standard InChI is InChI=1S/C25H42N6O2/c1-18(2)16-31(15-12-29-10-13-30(14-11-29)24(33)20-8-9-20)19(3)26-22-21(17-32)28(7)27-23(22)25(4,5)6/h17-18,20H,8-16H2,1-7H3. The van der Waals surface area contributed by atoms with Crippen LogP contribution in [0.4, 0.5) is 5.69 Å². The number of aliphatic imine (C=N–C) groups is 1. The van der Waals surface area contributed by atoms with Gasteiger partial charge in [0, 0.05) is 64.2 Å². The average molecular weight is 459 g/mol. The number of amidine groups is 1. The van der Waals surface area contributed by atoms with E-state index in [2.05, 4.69) is 49.5 Å². The molecule has 0 unspecified atom stereocenters. The summed E-state index contributed by atoms with van der Waals surface area (Å²) in [5, 5.41) is 4.60. The van der Waals surface area contributed by atoms with Crippen molar-refractivity contribution in [2.45, 2.75) is 59.8 Å². The molecule has 0 bridgehead atoms. The third-order valence-electron chi connectivity index (χ3n) is 6.50. The Morgan fingerprint density at radius 1 is 1.21 bits per heavy atom. The molecule has 184 valence electrons. The smallest absolute Gasteiger partial charge is 0.225 e. The molecule has 1 aromatic rings. The van der Waals surface area contributed by atoms with E-state index in [0.29, 0.717) is 29.1 Å². The third kappa shape index (κ3) is 6.43. The number of nitrogens with zero attached hydrogens (tertiary/aromatic N) is 6. The van der Waals surface area contributed by atoms with Crippen LogP contribution in [0.15, 0.2) is 4.99 Å². The van der Waals surface area contributed by atoms with Gasteiger partial charge in [-0.3, -0.25) is 19.2 Å². The third-order valence-corrected chi connectivity index (χ3v) is 6.50. The van der Waals surface area contributed by atoms with Crippen molar-refractivity contribution < 1.29 is 9.59 Å². The second-order valence-electron chi connectivity index (χ2n) is 11.0. The van der Waals surface area contributed by atoms with Crippen LogP contribution in [0.1, 0.15) is 70.6 Å². The minimum atomic E-state index is -0.210. The molecule has 33 heavy (non-hydrogen) atoms. The highest BCUT2D eigenvalue weighted by Crippen LogP contribution is 2.33. The summed E-state index contributed by atoms with van der Waals surface area (Å²) in [5.41, 5.74) is 1.82. The molecule has 1 aromatic heterocycles. The minimum Gasteiger partial charge on any atom is -0.359 e. The molecule has 8 heteroatoms. The van der Waals surface area contributed by atoms with Crippen LogP contribution in [-0.4, -0.2) is 88.3 Å². The van der Waals surface area contributed by atoms with E-state index in [1.165, 1.54) is 0 Å². The van der Waals surface area contributed by atoms with Gasteiger partial charge in [-0.05, 0) is 25.7 Å². The first-order valence-electron chi connectivity index (χ1n) is 12.3. The summed E-state index contributed by atoms with van der Waals surface area (Å²) < 4.78 is 1.63. The first-order chi connectivity index (χ1) is 15.5. The number of aromatic nitrogens is 2. The van der Waals surface area contributed by atoms with Crippen molar-refractivity contribution in [2.24, 2.45) is 23.9 Å². The molecule has 0 radical (unpaired) electrons. The zero-order valence-corrected chi connectivity index (χ0v) is 21.6. The van der Waals surface area contributed by atoms with E-state index in [1.807, 2.05) is 11.8 Å². The van der Waals surface area contributed by atoms with Crippen molar-refractivity contribution in [1.82, 2.24) is 24.5 Å². The maximum Gasteiger partial charge on any atom is 0.225 e. The average Bonchev–Trinajstić information content (AvgIpc) is 3.54. The lowest BCUT2D eigenvalue weighted by Crippen LogP contribution is -2.51. The lowest BCUT2D eigenvalue weighted by molar-refractivity contribution is -0.134. The summed E-state index contributed by atoms with van der Waals surface area (Å²) in [6, 6.07) is 0. The van der Waals surface area contributed by atoms with Crippen LogP contribution in [-0.2, 0) is 17.3 Å². The number of carbonyl (C=O) groups is 2. The highest BCUT2D eigenvalue weighted by molar-refractivity contribution is 5.88. The van der Waals surface area contributed by atoms with Crippen LogP contribution >= 0.6 is 0 Å². The molecule has 1 amide bonds. The maximum atomic E-state index is 12.3. The normalized spacial score (nSPS) is 18.2. The van der Waals surface area contributed by atoms with Crippen LogP contribution in [0.3, 0.4) is 0 Å². The van der Waals surface area contributed by atoms with E-state index < -0.39 is 0 Å². The van der Waals surface area contributed by atoms with Crippen molar-refractivity contribution in [1.29, 1.82) is 0 Å². The number of rotatable bonds is 8. The lowest BCUT2D eigenvalue weighted by Gasteiger charge is -2.36. The molecule has 3 rings (SSSR count). The van der Waals surface area contributed by atoms with Crippen molar-refractivity contribution >= 4 is 23.7 Å². The maximum absolute atomic E-state index is 12.3. The molecule has 1 aliphatic carbocycles. The van der Waals surface area contributed by atoms with Crippen LogP contribution in [0.25, 0.3) is 0 Å². The zero-order chi connectivity index (χ0) is 24.3. The molecular formula is C25H42N6O2. The minimum absolute atomic E-state index is 0.210. The van der Waals surface area contributed by atoms with Crippen LogP contribution in [0.5, 0.6) is 0 Å². The molecule has 2 aliphatic rings. The quantitative estimate of drug-likeness (QED) is 0.340. The van der Waals surface area contributed by atoms with Gasteiger partial charge < -0.3 is 9.80 Å². The van der Waals surface area contributed by atoms with E-state index in [9.17, 15) is 9.59 Å². The van der Waals surface area contributed by atoms with Gasteiger partial charge in [0.15, 0.2) is 6.29 Å². The van der Waals surface area contributed by atoms with Gasteiger partial charge in [0.25, 0.3) is 0 Å². The molecule has 1 saturated heterocycles. The number of amides is 1. The van der Waals surface area contributed by atoms with Crippen LogP contribution in [0, 0.1) is 11.8 Å². The van der Waals surface area contributed by atoms with Gasteiger partial charge in [-0.1, -0.05) is 34.6 Å². The predicted molar refractivity (Wildman–Crippen MR) is 132 cm³/mol. The van der Waals surface area contributed by atoms with Gasteiger partial charge >= 0.3 is 0 Å². The predicted octanol–water partition coefficient (Wildman–Crippen LogP) is 3.09. The van der Waals surface area contributed by atoms with Gasteiger partial charge in [0.1, 0.15) is 17.2 Å². The van der Waals surface area contributed by atoms with E-state index in [1.54, 1.807) is 11.7 Å². The van der Waals surface area contributed by atoms with E-state index >= 15 is 0 Å². The highest BCUT2D eigenvalue weighted by atomic mass is 16.2. The van der Waals surface area contributed by atoms with E-state index in [-0.39, 0.29) is 5.41 Å². The monoisotopic (exact) mass is 458 g/mol. The SMILES string of the molecule is CC(=Nc1c(C(C)(C)C)nn(C)c1C=O)N(CCN1CCN(C(=O)C2CC2)CC1)CC(C)C. The van der Waals surface area contributed by atoms with Crippen molar-refractivity contribution in [3.05, 3.63) is 11.4 Å². The summed E-state index contributed by atoms with van der Waals surface area (Å²) in [4.78, 5) is 35.9. The number of carbonyl (C=O) groups excluding carboxylic acids is 2. The summed E-state index contributed by atoms with van der Waals surface area (Å²) in [5.74, 6) is 2.06. The molecule has 2 fully saturated rings. The summed E-state index contributed by atoms with van der Waals surface area (Å²) in [6.07, 6.45) is 2.99. The second-order valence-corrected chi connectivity index (χ2v) is 11.0. The summed E-state index contributed by atoms with van der Waals surface area (Å²) in [7, 11) is 1.80. The van der Waals surface area contributed by atoms with Crippen LogP contribution < -0.4 is 0 Å². The van der Waals surface area contributed by atoms with Crippen molar-refractivity contribution in [3.63, 3.8) is 0 Å². The number of aldehydes is 1. The first kappa shape index (κ1) is 25.4. The fourth-order valence-electron chi connectivity index (χ4n) is 4.37. The lowest BCUT2D eigenvalue weighted by atomic mass is 9.91. The Morgan fingerprint density at radius 3 is 2.36 bits per heavy atom. The number of piperazine rings is 1. The molecule has 0 aromatic carbocycles. The molecule has 1 saturated carbocycles. The Kier molecular flexibility index (Phi) is 7.98. The van der Waals surface area contributed by atoms with Gasteiger partial charge in [-0.2, -0.15) is 5.10 Å². The highest BCUT2D eigenvalue weighted by Gasteiger charge is 2.34. The largest absolute Gasteiger partial charge is 0.359 e. The van der Waals surface area contributed by atoms with Crippen molar-refractivity contribution in [2.75, 3.05) is 45.8 Å². The van der Waals surface area contributed by atoms with Gasteiger partial charge in [0.05, 0.1) is 5.69 Å². The fourth-order valence-corrected chi connectivity index (χ4v) is 4.37. The Labute approximate surface area is 199 Å². The molecule has 8 nitrogen and oxygen atoms in total. The van der Waals surface area contributed by atoms with Gasteiger partial charge in [0.2, 0.25) is 5.91 Å². The second kappa shape index (κ2) is 10.4. The zero-order valence-electron chi connectivity index (χ0n) is 21.6. The Balaban J connectivity index is 1.69. The Hall–Kier alpha value is -2.22. The fraction of sp³-hybridized carbons (Fsp3) is 0.760. The molecule has 0 N–H and O–H groups in total. The van der Waals surface area contributed by atoms with E-state index in [0.717, 1.165) is 76.5 Å². The number of hydrogen-bond acceptors (Lipinski definition) is 5. The first-order valence-corrected chi connectivity index (χ1v) is 12.3. The van der Waals surface area contributed by atoms with Gasteiger partial charge in [-0.15, -0.1) is 0 Å². The Morgan fingerprint density at radius 2 is 1.85 bits per heavy atom.